The number of nitrogens with one attached hydrogen (secondary N) is 1. The summed E-state index contributed by atoms with van der Waals surface area (Å²) in [6, 6.07) is 35.7. The fourth-order valence-corrected chi connectivity index (χ4v) is 8.02. The summed E-state index contributed by atoms with van der Waals surface area (Å²) in [5.41, 5.74) is 6.61. The van der Waals surface area contributed by atoms with Gasteiger partial charge in [0.15, 0.2) is 0 Å². The molecule has 6 rings (SSSR count). The third kappa shape index (κ3) is 10.5. The average Bonchev–Trinajstić information content (AvgIpc) is 3.53. The Morgan fingerprint density at radius 3 is 2.14 bits per heavy atom. The Morgan fingerprint density at radius 2 is 1.49 bits per heavy atom. The molecule has 0 aliphatic carbocycles. The third-order valence-corrected chi connectivity index (χ3v) is 11.8. The number of rotatable bonds is 19. The molecule has 0 radical (unpaired) electrons. The van der Waals surface area contributed by atoms with Crippen LogP contribution in [0.4, 0.5) is 0 Å². The summed E-state index contributed by atoms with van der Waals surface area (Å²) in [7, 11) is 3.94. The van der Waals surface area contributed by atoms with E-state index in [0.717, 1.165) is 42.5 Å². The Hall–Kier alpha value is -4.18. The molecular formula is C49H62N2O6. The molecule has 0 saturated carbocycles. The Kier molecular flexibility index (Phi) is 13.8. The van der Waals surface area contributed by atoms with Crippen molar-refractivity contribution in [1.82, 2.24) is 10.2 Å². The maximum atomic E-state index is 12.9. The molecule has 2 aliphatic heterocycles. The molecule has 4 aromatic rings. The number of ketones is 1. The summed E-state index contributed by atoms with van der Waals surface area (Å²) >= 11 is 0. The first-order valence-corrected chi connectivity index (χ1v) is 20.6. The lowest BCUT2D eigenvalue weighted by molar-refractivity contribution is -0.330. The van der Waals surface area contributed by atoms with E-state index in [-0.39, 0.29) is 30.1 Å². The number of likely N-dealkylation sites (N-methyl/N-ethyl adjacent to an activating group) is 1. The molecule has 8 nitrogen and oxygen atoms in total. The highest BCUT2D eigenvalue weighted by Crippen LogP contribution is 2.54. The van der Waals surface area contributed by atoms with Crippen LogP contribution in [0.3, 0.4) is 0 Å². The molecule has 4 aromatic carbocycles. The number of nitrogens with zero attached hydrogens (tertiary/aromatic N) is 1. The molecule has 2 aliphatic rings. The van der Waals surface area contributed by atoms with Crippen molar-refractivity contribution >= 4 is 11.7 Å². The number of Topliss-reactive ketones (excluding diaryl/α,β-unsaturated/α-hetero) is 1. The van der Waals surface area contributed by atoms with E-state index in [1.54, 1.807) is 0 Å². The van der Waals surface area contributed by atoms with Crippen LogP contribution in [-0.2, 0) is 60.4 Å². The first kappa shape index (κ1) is 42.4. The SMILES string of the molecule is Cc1ccc([C@]23OC[C@](C)(O2)[C@@H](C)[C@H](OCc2ccccc2)[C@H]3OCc2ccccc2)cc1Cc1ccc(CCCC(=O)CC(C)(C)C(=O)NCCN(C)C)cc1. The maximum absolute atomic E-state index is 12.9. The van der Waals surface area contributed by atoms with Gasteiger partial charge in [-0.3, -0.25) is 9.59 Å². The summed E-state index contributed by atoms with van der Waals surface area (Å²) in [6.07, 6.45) is 2.20. The normalized spacial score (nSPS) is 23.1. The van der Waals surface area contributed by atoms with Crippen LogP contribution in [-0.4, -0.2) is 68.2 Å². The van der Waals surface area contributed by atoms with E-state index in [0.29, 0.717) is 32.8 Å². The summed E-state index contributed by atoms with van der Waals surface area (Å²) in [5, 5.41) is 2.96. The third-order valence-electron chi connectivity index (χ3n) is 11.8. The van der Waals surface area contributed by atoms with Gasteiger partial charge in [0, 0.05) is 37.4 Å². The fraction of sp³-hybridized carbons (Fsp3) is 0.469. The van der Waals surface area contributed by atoms with Gasteiger partial charge in [0.25, 0.3) is 0 Å². The van der Waals surface area contributed by atoms with Gasteiger partial charge >= 0.3 is 0 Å². The van der Waals surface area contributed by atoms with E-state index < -0.39 is 22.9 Å². The number of benzene rings is 4. The van der Waals surface area contributed by atoms with Crippen molar-refractivity contribution < 1.29 is 28.5 Å². The second-order valence-electron chi connectivity index (χ2n) is 17.3. The topological polar surface area (TPSA) is 86.3 Å². The smallest absolute Gasteiger partial charge is 0.226 e. The van der Waals surface area contributed by atoms with Crippen molar-refractivity contribution in [2.75, 3.05) is 33.8 Å². The monoisotopic (exact) mass is 774 g/mol. The summed E-state index contributed by atoms with van der Waals surface area (Å²) < 4.78 is 27.5. The van der Waals surface area contributed by atoms with Crippen LogP contribution in [0.2, 0.25) is 0 Å². The average molecular weight is 775 g/mol. The molecule has 304 valence electrons. The molecule has 5 atom stereocenters. The minimum Gasteiger partial charge on any atom is -0.370 e. The standard InChI is InChI=1S/C49H62N2O6/c1-35-21-26-42(30-41(35)29-38-24-22-37(23-25-38)19-14-20-43(52)31-47(3,4)46(53)50-27-28-51(6)7)49-45(55-33-40-17-12-9-13-18-40)44(36(2)48(5,57-49)34-56-49)54-32-39-15-10-8-11-16-39/h8-13,15-18,21-26,30,36,44-45H,14,19-20,27-29,31-34H2,1-7H3,(H,50,53)/t36-,44-,45+,48-,49-/m0/s1. The van der Waals surface area contributed by atoms with Gasteiger partial charge in [-0.15, -0.1) is 0 Å². The van der Waals surface area contributed by atoms with Crippen LogP contribution in [0.25, 0.3) is 0 Å². The zero-order valence-corrected chi connectivity index (χ0v) is 35.0. The molecule has 2 bridgehead atoms. The second-order valence-corrected chi connectivity index (χ2v) is 17.3. The molecule has 57 heavy (non-hydrogen) atoms. The van der Waals surface area contributed by atoms with Gasteiger partial charge in [0.1, 0.15) is 11.9 Å². The van der Waals surface area contributed by atoms with E-state index in [2.05, 4.69) is 92.8 Å². The van der Waals surface area contributed by atoms with Crippen molar-refractivity contribution in [1.29, 1.82) is 0 Å². The predicted molar refractivity (Wildman–Crippen MR) is 225 cm³/mol. The van der Waals surface area contributed by atoms with Crippen molar-refractivity contribution in [3.63, 3.8) is 0 Å². The van der Waals surface area contributed by atoms with Gasteiger partial charge in [-0.25, -0.2) is 0 Å². The van der Waals surface area contributed by atoms with Gasteiger partial charge in [-0.05, 0) is 86.7 Å². The van der Waals surface area contributed by atoms with Crippen LogP contribution >= 0.6 is 0 Å². The van der Waals surface area contributed by atoms with Crippen LogP contribution in [0.5, 0.6) is 0 Å². The van der Waals surface area contributed by atoms with Crippen LogP contribution in [0.1, 0.15) is 85.9 Å². The molecular weight excluding hydrogens is 713 g/mol. The number of ether oxygens (including phenoxy) is 4. The van der Waals surface area contributed by atoms with Crippen molar-refractivity contribution in [2.45, 2.75) is 104 Å². The molecule has 0 unspecified atom stereocenters. The van der Waals surface area contributed by atoms with Gasteiger partial charge in [-0.2, -0.15) is 0 Å². The summed E-state index contributed by atoms with van der Waals surface area (Å²) in [6.45, 7) is 12.8. The van der Waals surface area contributed by atoms with Gasteiger partial charge in [0.05, 0.1) is 36.9 Å². The highest BCUT2D eigenvalue weighted by atomic mass is 16.8. The van der Waals surface area contributed by atoms with Crippen molar-refractivity contribution in [2.24, 2.45) is 11.3 Å². The first-order chi connectivity index (χ1) is 27.3. The largest absolute Gasteiger partial charge is 0.370 e. The van der Waals surface area contributed by atoms with E-state index >= 15 is 0 Å². The van der Waals surface area contributed by atoms with E-state index in [1.807, 2.05) is 69.2 Å². The first-order valence-electron chi connectivity index (χ1n) is 20.6. The quantitative estimate of drug-likeness (QED) is 0.103. The number of carbonyl (C=O) groups is 2. The Balaban J connectivity index is 1.14. The van der Waals surface area contributed by atoms with Crippen LogP contribution in [0, 0.1) is 18.3 Å². The Morgan fingerprint density at radius 1 is 0.860 bits per heavy atom. The van der Waals surface area contributed by atoms with E-state index in [1.165, 1.54) is 22.3 Å². The van der Waals surface area contributed by atoms with Gasteiger partial charge in [-0.1, -0.05) is 118 Å². The molecule has 8 heteroatoms. The van der Waals surface area contributed by atoms with Gasteiger partial charge < -0.3 is 29.2 Å². The van der Waals surface area contributed by atoms with Crippen LogP contribution < -0.4 is 5.32 Å². The number of aryl methyl sites for hydroxylation is 2. The zero-order chi connectivity index (χ0) is 40.6. The number of hydrogen-bond donors (Lipinski definition) is 1. The number of carbonyl (C=O) groups excluding carboxylic acids is 2. The molecule has 0 spiro atoms. The van der Waals surface area contributed by atoms with E-state index in [9.17, 15) is 9.59 Å². The van der Waals surface area contributed by atoms with Crippen LogP contribution in [0.15, 0.2) is 103 Å². The molecule has 1 amide bonds. The molecule has 2 fully saturated rings. The Labute approximate surface area is 340 Å². The zero-order valence-electron chi connectivity index (χ0n) is 35.0. The molecule has 0 aromatic heterocycles. The lowest BCUT2D eigenvalue weighted by Crippen LogP contribution is -2.61. The number of fused-ring (bicyclic) bond motifs is 2. The van der Waals surface area contributed by atoms with Crippen molar-refractivity contribution in [3.05, 3.63) is 142 Å². The second kappa shape index (κ2) is 18.6. The lowest BCUT2D eigenvalue weighted by atomic mass is 9.78. The highest BCUT2D eigenvalue weighted by Gasteiger charge is 2.65. The highest BCUT2D eigenvalue weighted by molar-refractivity contribution is 5.89. The Bertz CT molecular complexity index is 1930. The van der Waals surface area contributed by atoms with E-state index in [4.69, 9.17) is 18.9 Å². The summed E-state index contributed by atoms with van der Waals surface area (Å²) in [5.74, 6) is -1.08. The minimum absolute atomic E-state index is 0.00978. The number of amides is 1. The number of hydrogen-bond acceptors (Lipinski definition) is 7. The fourth-order valence-electron chi connectivity index (χ4n) is 8.02. The van der Waals surface area contributed by atoms with Crippen molar-refractivity contribution in [3.8, 4) is 0 Å². The lowest BCUT2D eigenvalue weighted by Gasteiger charge is -2.49. The van der Waals surface area contributed by atoms with Gasteiger partial charge in [0.2, 0.25) is 11.7 Å². The molecule has 1 N–H and O–H groups in total. The summed E-state index contributed by atoms with van der Waals surface area (Å²) in [4.78, 5) is 27.6. The molecule has 2 heterocycles. The molecule has 2 saturated heterocycles. The minimum atomic E-state index is -1.15. The predicted octanol–water partition coefficient (Wildman–Crippen LogP) is 8.35. The maximum Gasteiger partial charge on any atom is 0.226 e.